The molecule has 2 N–H and O–H groups in total. The van der Waals surface area contributed by atoms with Crippen molar-refractivity contribution in [1.82, 2.24) is 9.97 Å². The van der Waals surface area contributed by atoms with Gasteiger partial charge in [-0.3, -0.25) is 4.79 Å². The summed E-state index contributed by atoms with van der Waals surface area (Å²) in [4.78, 5) is 19.0. The molecule has 0 aromatic carbocycles. The zero-order valence-electron chi connectivity index (χ0n) is 6.59. The van der Waals surface area contributed by atoms with Crippen LogP contribution < -0.4 is 10.6 Å². The third-order valence-electron chi connectivity index (χ3n) is 1.70. The van der Waals surface area contributed by atoms with Gasteiger partial charge in [0.05, 0.1) is 6.42 Å². The predicted molar refractivity (Wildman–Crippen MR) is 43.9 cm³/mol. The van der Waals surface area contributed by atoms with Crippen LogP contribution >= 0.6 is 0 Å². The monoisotopic (exact) mass is 164 g/mol. The maximum Gasteiger partial charge on any atom is 0.230 e. The molecular formula is C7H8N4O. The van der Waals surface area contributed by atoms with E-state index in [-0.39, 0.29) is 5.91 Å². The largest absolute Gasteiger partial charge is 0.357 e. The second-order valence-electron chi connectivity index (χ2n) is 2.54. The van der Waals surface area contributed by atoms with E-state index in [1.807, 2.05) is 0 Å². The van der Waals surface area contributed by atoms with Crippen molar-refractivity contribution in [3.05, 3.63) is 11.8 Å². The third-order valence-corrected chi connectivity index (χ3v) is 1.70. The summed E-state index contributed by atoms with van der Waals surface area (Å²) in [7, 11) is 1.73. The van der Waals surface area contributed by atoms with Crippen LogP contribution in [-0.4, -0.2) is 22.9 Å². The fraction of sp³-hybridized carbons (Fsp3) is 0.286. The molecule has 12 heavy (non-hydrogen) atoms. The van der Waals surface area contributed by atoms with Crippen molar-refractivity contribution in [1.29, 1.82) is 0 Å². The van der Waals surface area contributed by atoms with Gasteiger partial charge in [0.2, 0.25) is 11.9 Å². The highest BCUT2D eigenvalue weighted by Crippen LogP contribution is 2.19. The summed E-state index contributed by atoms with van der Waals surface area (Å²) in [5, 5.41) is 5.44. The molecule has 0 fully saturated rings. The Hall–Kier alpha value is -1.65. The Morgan fingerprint density at radius 2 is 2.50 bits per heavy atom. The van der Waals surface area contributed by atoms with Gasteiger partial charge in [-0.2, -0.15) is 4.98 Å². The number of nitrogens with one attached hydrogen (secondary N) is 2. The molecule has 5 heteroatoms. The summed E-state index contributed by atoms with van der Waals surface area (Å²) in [5.41, 5.74) is 0.860. The Labute approximate surface area is 69.2 Å². The summed E-state index contributed by atoms with van der Waals surface area (Å²) in [5.74, 6) is 1.13. The zero-order valence-corrected chi connectivity index (χ0v) is 6.59. The number of amides is 1. The standard InChI is InChI=1S/C7H8N4O/c1-8-7-9-3-4-2-5(12)10-6(4)11-7/h3H,2H2,1H3,(H2,8,9,10,11,12). The van der Waals surface area contributed by atoms with Crippen LogP contribution in [0.5, 0.6) is 0 Å². The number of hydrogen-bond donors (Lipinski definition) is 2. The quantitative estimate of drug-likeness (QED) is 0.613. The molecule has 1 aliphatic rings. The van der Waals surface area contributed by atoms with E-state index in [4.69, 9.17) is 0 Å². The van der Waals surface area contributed by atoms with Gasteiger partial charge in [0.15, 0.2) is 0 Å². The van der Waals surface area contributed by atoms with Crippen LogP contribution in [0.3, 0.4) is 0 Å². The molecule has 1 aromatic heterocycles. The molecule has 0 bridgehead atoms. The van der Waals surface area contributed by atoms with Crippen molar-refractivity contribution >= 4 is 17.7 Å². The van der Waals surface area contributed by atoms with Crippen LogP contribution in [0.4, 0.5) is 11.8 Å². The lowest BCUT2D eigenvalue weighted by atomic mass is 10.3. The van der Waals surface area contributed by atoms with Gasteiger partial charge < -0.3 is 10.6 Å². The number of aromatic nitrogens is 2. The van der Waals surface area contributed by atoms with E-state index in [2.05, 4.69) is 20.6 Å². The summed E-state index contributed by atoms with van der Waals surface area (Å²) in [6.45, 7) is 0. The first kappa shape index (κ1) is 7.02. The van der Waals surface area contributed by atoms with E-state index < -0.39 is 0 Å². The molecule has 0 aliphatic carbocycles. The number of nitrogens with zero attached hydrogens (tertiary/aromatic N) is 2. The van der Waals surface area contributed by atoms with Crippen molar-refractivity contribution in [2.45, 2.75) is 6.42 Å². The van der Waals surface area contributed by atoms with Gasteiger partial charge in [0.1, 0.15) is 5.82 Å². The lowest BCUT2D eigenvalue weighted by Gasteiger charge is -1.99. The highest BCUT2D eigenvalue weighted by Gasteiger charge is 2.19. The lowest BCUT2D eigenvalue weighted by molar-refractivity contribution is -0.115. The van der Waals surface area contributed by atoms with E-state index in [1.165, 1.54) is 0 Å². The number of carbonyl (C=O) groups excluding carboxylic acids is 1. The lowest BCUT2D eigenvalue weighted by Crippen LogP contribution is -2.05. The fourth-order valence-corrected chi connectivity index (χ4v) is 1.11. The average molecular weight is 164 g/mol. The Balaban J connectivity index is 2.41. The van der Waals surface area contributed by atoms with E-state index in [9.17, 15) is 4.79 Å². The molecule has 5 nitrogen and oxygen atoms in total. The number of carbonyl (C=O) groups is 1. The summed E-state index contributed by atoms with van der Waals surface area (Å²) in [6.07, 6.45) is 2.05. The van der Waals surface area contributed by atoms with Crippen molar-refractivity contribution in [3.63, 3.8) is 0 Å². The summed E-state index contributed by atoms with van der Waals surface area (Å²) >= 11 is 0. The molecule has 0 saturated heterocycles. The van der Waals surface area contributed by atoms with Crippen molar-refractivity contribution in [3.8, 4) is 0 Å². The molecule has 1 amide bonds. The smallest absolute Gasteiger partial charge is 0.230 e. The van der Waals surface area contributed by atoms with Crippen LogP contribution in [0.1, 0.15) is 5.56 Å². The Morgan fingerprint density at radius 3 is 3.25 bits per heavy atom. The van der Waals surface area contributed by atoms with Crippen molar-refractivity contribution < 1.29 is 4.79 Å². The van der Waals surface area contributed by atoms with Gasteiger partial charge >= 0.3 is 0 Å². The van der Waals surface area contributed by atoms with Crippen molar-refractivity contribution in [2.24, 2.45) is 0 Å². The first-order valence-corrected chi connectivity index (χ1v) is 3.63. The Bertz CT molecular complexity index is 336. The molecule has 62 valence electrons. The maximum atomic E-state index is 10.9. The van der Waals surface area contributed by atoms with E-state index >= 15 is 0 Å². The van der Waals surface area contributed by atoms with Crippen LogP contribution in [0.2, 0.25) is 0 Å². The zero-order chi connectivity index (χ0) is 8.55. The summed E-state index contributed by atoms with van der Waals surface area (Å²) in [6, 6.07) is 0. The molecule has 0 atom stereocenters. The normalized spacial score (nSPS) is 13.9. The predicted octanol–water partition coefficient (Wildman–Crippen LogP) is 0.0129. The SMILES string of the molecule is CNc1ncc2c(n1)NC(=O)C2. The van der Waals surface area contributed by atoms with Gasteiger partial charge in [-0.15, -0.1) is 0 Å². The average Bonchev–Trinajstić information content (AvgIpc) is 2.43. The minimum Gasteiger partial charge on any atom is -0.357 e. The van der Waals surface area contributed by atoms with Crippen LogP contribution in [0.15, 0.2) is 6.20 Å². The number of anilines is 2. The van der Waals surface area contributed by atoms with Gasteiger partial charge in [0, 0.05) is 18.8 Å². The van der Waals surface area contributed by atoms with E-state index in [0.29, 0.717) is 18.2 Å². The topological polar surface area (TPSA) is 66.9 Å². The van der Waals surface area contributed by atoms with Crippen LogP contribution in [0, 0.1) is 0 Å². The van der Waals surface area contributed by atoms with Gasteiger partial charge in [-0.25, -0.2) is 4.98 Å². The second kappa shape index (κ2) is 2.44. The molecule has 0 radical (unpaired) electrons. The highest BCUT2D eigenvalue weighted by atomic mass is 16.1. The molecule has 1 aliphatic heterocycles. The molecule has 0 spiro atoms. The van der Waals surface area contributed by atoms with Gasteiger partial charge in [-0.05, 0) is 0 Å². The second-order valence-corrected chi connectivity index (χ2v) is 2.54. The molecule has 0 unspecified atom stereocenters. The minimum atomic E-state index is -0.0208. The molecule has 2 heterocycles. The Morgan fingerprint density at radius 1 is 1.67 bits per heavy atom. The van der Waals surface area contributed by atoms with E-state index in [1.54, 1.807) is 13.2 Å². The van der Waals surface area contributed by atoms with Gasteiger partial charge in [0.25, 0.3) is 0 Å². The number of rotatable bonds is 1. The van der Waals surface area contributed by atoms with Crippen molar-refractivity contribution in [2.75, 3.05) is 17.7 Å². The maximum absolute atomic E-state index is 10.9. The van der Waals surface area contributed by atoms with Crippen LogP contribution in [0.25, 0.3) is 0 Å². The summed E-state index contributed by atoms with van der Waals surface area (Å²) < 4.78 is 0. The number of fused-ring (bicyclic) bond motifs is 1. The molecular weight excluding hydrogens is 156 g/mol. The molecule has 0 saturated carbocycles. The minimum absolute atomic E-state index is 0.0208. The molecule has 1 aromatic rings. The highest BCUT2D eigenvalue weighted by molar-refractivity contribution is 5.97. The Kier molecular flexibility index (Phi) is 1.43. The number of hydrogen-bond acceptors (Lipinski definition) is 4. The van der Waals surface area contributed by atoms with Gasteiger partial charge in [-0.1, -0.05) is 0 Å². The molecule has 2 rings (SSSR count). The first-order valence-electron chi connectivity index (χ1n) is 3.63. The van der Waals surface area contributed by atoms with Crippen LogP contribution in [-0.2, 0) is 11.2 Å². The fourth-order valence-electron chi connectivity index (χ4n) is 1.11. The first-order chi connectivity index (χ1) is 5.79. The third kappa shape index (κ3) is 0.990. The van der Waals surface area contributed by atoms with E-state index in [0.717, 1.165) is 5.56 Å².